The maximum Gasteiger partial charge on any atom is 0.246 e. The van der Waals surface area contributed by atoms with Gasteiger partial charge in [0.25, 0.3) is 0 Å². The number of rotatable bonds is 4. The molecule has 1 N–H and O–H groups in total. The van der Waals surface area contributed by atoms with Crippen LogP contribution in [0, 0.1) is 5.92 Å². The molecular formula is C18H25N3O4S. The van der Waals surface area contributed by atoms with Gasteiger partial charge in [-0.3, -0.25) is 9.59 Å². The summed E-state index contributed by atoms with van der Waals surface area (Å²) >= 11 is 0. The molecule has 2 aliphatic heterocycles. The van der Waals surface area contributed by atoms with Crippen LogP contribution in [0.2, 0.25) is 0 Å². The fraction of sp³-hybridized carbons (Fsp3) is 0.556. The van der Waals surface area contributed by atoms with Gasteiger partial charge >= 0.3 is 0 Å². The van der Waals surface area contributed by atoms with E-state index in [9.17, 15) is 18.0 Å². The lowest BCUT2D eigenvalue weighted by Gasteiger charge is -2.31. The number of carbonyl (C=O) groups excluding carboxylic acids is 2. The average molecular weight is 379 g/mol. The quantitative estimate of drug-likeness (QED) is 0.837. The van der Waals surface area contributed by atoms with Crippen molar-refractivity contribution in [3.05, 3.63) is 29.8 Å². The number of hydrogen-bond donors (Lipinski definition) is 1. The molecule has 0 atom stereocenters. The van der Waals surface area contributed by atoms with Crippen LogP contribution in [0.1, 0.15) is 24.8 Å². The maximum atomic E-state index is 12.6. The second-order valence-corrected chi connectivity index (χ2v) is 8.91. The van der Waals surface area contributed by atoms with E-state index in [0.29, 0.717) is 32.5 Å². The van der Waals surface area contributed by atoms with Crippen molar-refractivity contribution in [1.82, 2.24) is 9.62 Å². The van der Waals surface area contributed by atoms with E-state index in [1.54, 1.807) is 4.90 Å². The van der Waals surface area contributed by atoms with Gasteiger partial charge in [-0.15, -0.1) is 0 Å². The maximum absolute atomic E-state index is 12.6. The van der Waals surface area contributed by atoms with Crippen molar-refractivity contribution in [3.63, 3.8) is 0 Å². The van der Waals surface area contributed by atoms with Crippen molar-refractivity contribution in [2.45, 2.75) is 25.7 Å². The fourth-order valence-electron chi connectivity index (χ4n) is 3.64. The zero-order valence-electron chi connectivity index (χ0n) is 15.0. The summed E-state index contributed by atoms with van der Waals surface area (Å²) in [5, 5.41) is 2.74. The molecule has 0 unspecified atom stereocenters. The summed E-state index contributed by atoms with van der Waals surface area (Å²) in [4.78, 5) is 26.6. The van der Waals surface area contributed by atoms with Gasteiger partial charge in [0.15, 0.2) is 0 Å². The summed E-state index contributed by atoms with van der Waals surface area (Å²) < 4.78 is 24.5. The minimum absolute atomic E-state index is 0.0283. The molecule has 1 fully saturated rings. The predicted molar refractivity (Wildman–Crippen MR) is 99.3 cm³/mol. The number of aryl methyl sites for hydroxylation is 1. The number of para-hydroxylation sites is 1. The number of nitrogens with zero attached hydrogens (tertiary/aromatic N) is 2. The molecule has 0 aliphatic carbocycles. The van der Waals surface area contributed by atoms with Crippen molar-refractivity contribution < 1.29 is 18.0 Å². The first-order valence-corrected chi connectivity index (χ1v) is 10.8. The average Bonchev–Trinajstić information content (AvgIpc) is 2.64. The largest absolute Gasteiger partial charge is 0.347 e. The Morgan fingerprint density at radius 3 is 2.54 bits per heavy atom. The van der Waals surface area contributed by atoms with E-state index in [1.165, 1.54) is 10.6 Å². The van der Waals surface area contributed by atoms with Gasteiger partial charge in [-0.1, -0.05) is 18.2 Å². The van der Waals surface area contributed by atoms with E-state index in [1.807, 2.05) is 24.3 Å². The highest BCUT2D eigenvalue weighted by Gasteiger charge is 2.29. The number of hydrogen-bond acceptors (Lipinski definition) is 4. The highest BCUT2D eigenvalue weighted by molar-refractivity contribution is 7.88. The van der Waals surface area contributed by atoms with Crippen LogP contribution in [-0.2, 0) is 26.0 Å². The molecule has 1 saturated heterocycles. The first kappa shape index (κ1) is 18.8. The summed E-state index contributed by atoms with van der Waals surface area (Å²) in [5.41, 5.74) is 2.09. The van der Waals surface area contributed by atoms with E-state index in [4.69, 9.17) is 0 Å². The normalized spacial score (nSPS) is 19.0. The van der Waals surface area contributed by atoms with Crippen LogP contribution in [-0.4, -0.2) is 57.0 Å². The number of carbonyl (C=O) groups is 2. The molecule has 1 aromatic rings. The topological polar surface area (TPSA) is 86.8 Å². The molecule has 0 aromatic heterocycles. The molecule has 1 aromatic carbocycles. The minimum Gasteiger partial charge on any atom is -0.347 e. The third kappa shape index (κ3) is 4.24. The summed E-state index contributed by atoms with van der Waals surface area (Å²) in [5.74, 6) is -0.523. The van der Waals surface area contributed by atoms with E-state index in [2.05, 4.69) is 5.32 Å². The first-order chi connectivity index (χ1) is 12.4. The number of nitrogens with one attached hydrogen (secondary N) is 1. The Labute approximate surface area is 154 Å². The highest BCUT2D eigenvalue weighted by Crippen LogP contribution is 2.26. The van der Waals surface area contributed by atoms with Gasteiger partial charge in [0.05, 0.1) is 12.8 Å². The molecule has 2 amide bonds. The minimum atomic E-state index is -3.20. The predicted octanol–water partition coefficient (Wildman–Crippen LogP) is 0.754. The van der Waals surface area contributed by atoms with Crippen molar-refractivity contribution in [2.75, 3.05) is 37.3 Å². The van der Waals surface area contributed by atoms with Crippen LogP contribution in [0.25, 0.3) is 0 Å². The fourth-order valence-corrected chi connectivity index (χ4v) is 4.52. The standard InChI is InChI=1S/C18H25N3O4S/c1-26(24,25)20-11-8-15(9-12-20)18(23)19-13-17(22)21-10-4-6-14-5-2-3-7-16(14)21/h2-3,5,7,15H,4,6,8-13H2,1H3,(H,19,23). The summed E-state index contributed by atoms with van der Waals surface area (Å²) in [6.07, 6.45) is 4.04. The molecule has 0 spiro atoms. The SMILES string of the molecule is CS(=O)(=O)N1CCC(C(=O)NCC(=O)N2CCCc3ccccc32)CC1. The number of benzene rings is 1. The van der Waals surface area contributed by atoms with Crippen molar-refractivity contribution in [3.8, 4) is 0 Å². The lowest BCUT2D eigenvalue weighted by molar-refractivity contribution is -0.128. The lowest BCUT2D eigenvalue weighted by Crippen LogP contribution is -2.46. The van der Waals surface area contributed by atoms with E-state index < -0.39 is 10.0 Å². The Hall–Kier alpha value is -1.93. The van der Waals surface area contributed by atoms with Crippen LogP contribution in [0.15, 0.2) is 24.3 Å². The van der Waals surface area contributed by atoms with E-state index in [0.717, 1.165) is 24.1 Å². The number of piperidine rings is 1. The molecule has 0 bridgehead atoms. The summed E-state index contributed by atoms with van der Waals surface area (Å²) in [7, 11) is -3.20. The zero-order valence-corrected chi connectivity index (χ0v) is 15.8. The molecule has 26 heavy (non-hydrogen) atoms. The van der Waals surface area contributed by atoms with Crippen LogP contribution in [0.3, 0.4) is 0 Å². The van der Waals surface area contributed by atoms with Gasteiger partial charge in [-0.05, 0) is 37.3 Å². The highest BCUT2D eigenvalue weighted by atomic mass is 32.2. The Balaban J connectivity index is 1.52. The number of sulfonamides is 1. The number of anilines is 1. The number of fused-ring (bicyclic) bond motifs is 1. The molecule has 0 radical (unpaired) electrons. The van der Waals surface area contributed by atoms with Crippen LogP contribution in [0.4, 0.5) is 5.69 Å². The zero-order chi connectivity index (χ0) is 18.7. The molecule has 2 aliphatic rings. The van der Waals surface area contributed by atoms with Gasteiger partial charge in [-0.25, -0.2) is 12.7 Å². The monoisotopic (exact) mass is 379 g/mol. The smallest absolute Gasteiger partial charge is 0.246 e. The Bertz CT molecular complexity index is 785. The lowest BCUT2D eigenvalue weighted by atomic mass is 9.97. The third-order valence-electron chi connectivity index (χ3n) is 5.12. The molecule has 142 valence electrons. The Kier molecular flexibility index (Phi) is 5.62. The van der Waals surface area contributed by atoms with Crippen molar-refractivity contribution in [1.29, 1.82) is 0 Å². The van der Waals surface area contributed by atoms with Crippen LogP contribution in [0.5, 0.6) is 0 Å². The molecule has 2 heterocycles. The third-order valence-corrected chi connectivity index (χ3v) is 6.42. The molecule has 8 heteroatoms. The van der Waals surface area contributed by atoms with Crippen molar-refractivity contribution >= 4 is 27.5 Å². The van der Waals surface area contributed by atoms with Crippen LogP contribution >= 0.6 is 0 Å². The Morgan fingerprint density at radius 1 is 1.15 bits per heavy atom. The molecule has 7 nitrogen and oxygen atoms in total. The summed E-state index contributed by atoms with van der Waals surface area (Å²) in [6, 6.07) is 7.86. The van der Waals surface area contributed by atoms with Gasteiger partial charge in [0.1, 0.15) is 0 Å². The van der Waals surface area contributed by atoms with Gasteiger partial charge in [0, 0.05) is 31.2 Å². The second-order valence-electron chi connectivity index (χ2n) is 6.93. The van der Waals surface area contributed by atoms with Gasteiger partial charge in [-0.2, -0.15) is 0 Å². The van der Waals surface area contributed by atoms with Gasteiger partial charge < -0.3 is 10.2 Å². The second kappa shape index (κ2) is 7.75. The Morgan fingerprint density at radius 2 is 1.85 bits per heavy atom. The number of amides is 2. The molecule has 0 saturated carbocycles. The van der Waals surface area contributed by atoms with E-state index >= 15 is 0 Å². The first-order valence-electron chi connectivity index (χ1n) is 8.97. The van der Waals surface area contributed by atoms with Gasteiger partial charge in [0.2, 0.25) is 21.8 Å². The van der Waals surface area contributed by atoms with Crippen molar-refractivity contribution in [2.24, 2.45) is 5.92 Å². The summed E-state index contributed by atoms with van der Waals surface area (Å²) in [6.45, 7) is 1.34. The van der Waals surface area contributed by atoms with Crippen LogP contribution < -0.4 is 10.2 Å². The van der Waals surface area contributed by atoms with E-state index in [-0.39, 0.29) is 24.3 Å². The molecular weight excluding hydrogens is 354 g/mol. The molecule has 3 rings (SSSR count).